The van der Waals surface area contributed by atoms with Crippen LogP contribution in [0.4, 0.5) is 5.95 Å². The maximum Gasteiger partial charge on any atom is 0.225 e. The van der Waals surface area contributed by atoms with Gasteiger partial charge >= 0.3 is 0 Å². The molecule has 33 heavy (non-hydrogen) atoms. The van der Waals surface area contributed by atoms with Gasteiger partial charge < -0.3 is 19.6 Å². The van der Waals surface area contributed by atoms with E-state index in [0.29, 0.717) is 23.6 Å². The topological polar surface area (TPSA) is 82.3 Å². The van der Waals surface area contributed by atoms with Gasteiger partial charge in [0.15, 0.2) is 5.65 Å². The molecule has 5 rings (SSSR count). The van der Waals surface area contributed by atoms with E-state index in [9.17, 15) is 5.11 Å². The first kappa shape index (κ1) is 22.1. The van der Waals surface area contributed by atoms with Crippen LogP contribution in [-0.2, 0) is 19.6 Å². The van der Waals surface area contributed by atoms with Crippen molar-refractivity contribution < 1.29 is 9.84 Å². The number of aliphatic hydroxyl groups excluding tert-OH is 1. The van der Waals surface area contributed by atoms with Crippen molar-refractivity contribution in [2.75, 3.05) is 52.3 Å². The van der Waals surface area contributed by atoms with Crippen LogP contribution in [0.3, 0.4) is 0 Å². The molecule has 0 unspecified atom stereocenters. The second-order valence-corrected chi connectivity index (χ2v) is 9.14. The van der Waals surface area contributed by atoms with Gasteiger partial charge in [-0.1, -0.05) is 6.07 Å². The van der Waals surface area contributed by atoms with Gasteiger partial charge in [-0.25, -0.2) is 4.98 Å². The van der Waals surface area contributed by atoms with Crippen molar-refractivity contribution in [3.63, 3.8) is 0 Å². The second kappa shape index (κ2) is 9.24. The van der Waals surface area contributed by atoms with Crippen molar-refractivity contribution in [2.24, 2.45) is 0 Å². The van der Waals surface area contributed by atoms with Gasteiger partial charge in [0, 0.05) is 45.1 Å². The van der Waals surface area contributed by atoms with Crippen LogP contribution >= 0.6 is 0 Å². The van der Waals surface area contributed by atoms with Gasteiger partial charge in [0.1, 0.15) is 0 Å². The summed E-state index contributed by atoms with van der Waals surface area (Å²) in [5.74, 6) is 1.26. The standard InChI is InChI=1S/C24H33N7O2/c1-28-10-12-30(13-11-28)24-27-23(33-3)19(16-32)22-26-18(15-31(22)24)14-29(2)20-8-4-6-17-7-5-9-25-21(17)20/h5,7,9,15,20,32H,4,6,8,10-14,16H2,1-3H3/t20-/m0/s1. The highest BCUT2D eigenvalue weighted by atomic mass is 16.5. The van der Waals surface area contributed by atoms with Gasteiger partial charge in [0.25, 0.3) is 0 Å². The van der Waals surface area contributed by atoms with E-state index >= 15 is 0 Å². The van der Waals surface area contributed by atoms with Crippen molar-refractivity contribution in [1.82, 2.24) is 29.2 Å². The number of fused-ring (bicyclic) bond motifs is 2. The summed E-state index contributed by atoms with van der Waals surface area (Å²) in [5.41, 5.74) is 4.82. The average Bonchev–Trinajstić information content (AvgIpc) is 3.26. The quantitative estimate of drug-likeness (QED) is 0.609. The van der Waals surface area contributed by atoms with Crippen molar-refractivity contribution >= 4 is 11.6 Å². The molecule has 1 aliphatic heterocycles. The van der Waals surface area contributed by atoms with E-state index in [1.165, 1.54) is 17.7 Å². The molecule has 2 aliphatic rings. The molecule has 0 bridgehead atoms. The number of hydrogen-bond donors (Lipinski definition) is 1. The number of pyridine rings is 1. The van der Waals surface area contributed by atoms with E-state index in [1.807, 2.05) is 16.7 Å². The van der Waals surface area contributed by atoms with Crippen LogP contribution < -0.4 is 9.64 Å². The van der Waals surface area contributed by atoms with E-state index in [0.717, 1.165) is 50.7 Å². The maximum atomic E-state index is 10.1. The molecule has 1 fully saturated rings. The third kappa shape index (κ3) is 4.16. The predicted molar refractivity (Wildman–Crippen MR) is 127 cm³/mol. The zero-order chi connectivity index (χ0) is 22.9. The highest BCUT2D eigenvalue weighted by Gasteiger charge is 2.27. The Morgan fingerprint density at radius 1 is 1.21 bits per heavy atom. The second-order valence-electron chi connectivity index (χ2n) is 9.14. The molecule has 1 aliphatic carbocycles. The normalized spacial score (nSPS) is 19.3. The lowest BCUT2D eigenvalue weighted by molar-refractivity contribution is 0.206. The number of methoxy groups -OCH3 is 1. The SMILES string of the molecule is COc1nc(N2CCN(C)CC2)n2cc(CN(C)[C@H]3CCCc4cccnc43)nc2c1CO. The Kier molecular flexibility index (Phi) is 6.18. The van der Waals surface area contributed by atoms with Gasteiger partial charge in [0.05, 0.1) is 36.7 Å². The van der Waals surface area contributed by atoms with Crippen molar-refractivity contribution in [2.45, 2.75) is 38.5 Å². The number of nitrogens with zero attached hydrogens (tertiary/aromatic N) is 7. The number of likely N-dealkylation sites (N-methyl/N-ethyl adjacent to an activating group) is 1. The zero-order valence-electron chi connectivity index (χ0n) is 19.7. The smallest absolute Gasteiger partial charge is 0.225 e. The molecule has 0 spiro atoms. The van der Waals surface area contributed by atoms with Crippen LogP contribution in [0, 0.1) is 0 Å². The minimum Gasteiger partial charge on any atom is -0.481 e. The lowest BCUT2D eigenvalue weighted by Gasteiger charge is -2.33. The summed E-state index contributed by atoms with van der Waals surface area (Å²) >= 11 is 0. The summed E-state index contributed by atoms with van der Waals surface area (Å²) in [6.45, 7) is 4.25. The summed E-state index contributed by atoms with van der Waals surface area (Å²) in [4.78, 5) is 21.3. The molecule has 0 amide bonds. The van der Waals surface area contributed by atoms with E-state index < -0.39 is 0 Å². The monoisotopic (exact) mass is 451 g/mol. The number of aryl methyl sites for hydroxylation is 1. The first-order valence-electron chi connectivity index (χ1n) is 11.7. The van der Waals surface area contributed by atoms with Gasteiger partial charge in [-0.2, -0.15) is 4.98 Å². The Morgan fingerprint density at radius 2 is 2.03 bits per heavy atom. The molecule has 9 heteroatoms. The van der Waals surface area contributed by atoms with Crippen molar-refractivity contribution in [1.29, 1.82) is 0 Å². The Bertz CT molecular complexity index is 1120. The van der Waals surface area contributed by atoms with E-state index in [2.05, 4.69) is 41.1 Å². The zero-order valence-corrected chi connectivity index (χ0v) is 19.7. The van der Waals surface area contributed by atoms with Crippen LogP contribution in [0.25, 0.3) is 5.65 Å². The Hall–Kier alpha value is -2.75. The van der Waals surface area contributed by atoms with Crippen LogP contribution in [0.2, 0.25) is 0 Å². The molecule has 0 aromatic carbocycles. The molecule has 0 saturated carbocycles. The third-order valence-corrected chi connectivity index (χ3v) is 6.95. The van der Waals surface area contributed by atoms with Crippen molar-refractivity contribution in [3.05, 3.63) is 47.0 Å². The molecule has 1 saturated heterocycles. The van der Waals surface area contributed by atoms with Crippen molar-refractivity contribution in [3.8, 4) is 5.88 Å². The molecule has 4 heterocycles. The highest BCUT2D eigenvalue weighted by Crippen LogP contribution is 2.33. The number of hydrogen-bond acceptors (Lipinski definition) is 8. The summed E-state index contributed by atoms with van der Waals surface area (Å²) < 4.78 is 7.56. The fraction of sp³-hybridized carbons (Fsp3) is 0.542. The van der Waals surface area contributed by atoms with Gasteiger partial charge in [0.2, 0.25) is 11.8 Å². The molecule has 3 aromatic heterocycles. The first-order valence-corrected chi connectivity index (χ1v) is 11.7. The molecule has 1 N–H and O–H groups in total. The number of rotatable bonds is 6. The maximum absolute atomic E-state index is 10.1. The highest BCUT2D eigenvalue weighted by molar-refractivity contribution is 5.59. The number of piperazine rings is 1. The van der Waals surface area contributed by atoms with Gasteiger partial charge in [-0.15, -0.1) is 0 Å². The molecule has 3 aromatic rings. The van der Waals surface area contributed by atoms with Crippen LogP contribution in [0.1, 0.15) is 41.4 Å². The Balaban J connectivity index is 1.49. The Morgan fingerprint density at radius 3 is 2.79 bits per heavy atom. The lowest BCUT2D eigenvalue weighted by atomic mass is 9.91. The molecular formula is C24H33N7O2. The third-order valence-electron chi connectivity index (χ3n) is 6.95. The molecular weight excluding hydrogens is 418 g/mol. The number of aromatic nitrogens is 4. The largest absolute Gasteiger partial charge is 0.481 e. The number of anilines is 1. The van der Waals surface area contributed by atoms with Crippen LogP contribution in [-0.4, -0.2) is 81.6 Å². The van der Waals surface area contributed by atoms with Crippen LogP contribution in [0.5, 0.6) is 5.88 Å². The minimum absolute atomic E-state index is 0.172. The fourth-order valence-electron chi connectivity index (χ4n) is 5.09. The molecule has 176 valence electrons. The summed E-state index contributed by atoms with van der Waals surface area (Å²) in [5, 5.41) is 10.1. The summed E-state index contributed by atoms with van der Waals surface area (Å²) in [6, 6.07) is 4.50. The molecule has 9 nitrogen and oxygen atoms in total. The van der Waals surface area contributed by atoms with E-state index in [-0.39, 0.29) is 12.6 Å². The molecule has 1 atom stereocenters. The average molecular weight is 452 g/mol. The minimum atomic E-state index is -0.172. The van der Waals surface area contributed by atoms with Crippen LogP contribution in [0.15, 0.2) is 24.5 Å². The van der Waals surface area contributed by atoms with Gasteiger partial charge in [-0.3, -0.25) is 14.3 Å². The van der Waals surface area contributed by atoms with E-state index in [1.54, 1.807) is 7.11 Å². The predicted octanol–water partition coefficient (Wildman–Crippen LogP) is 1.89. The number of ether oxygens (including phenoxy) is 1. The number of imidazole rings is 1. The van der Waals surface area contributed by atoms with E-state index in [4.69, 9.17) is 19.7 Å². The first-order chi connectivity index (χ1) is 16.1. The Labute approximate surface area is 194 Å². The fourth-order valence-corrected chi connectivity index (χ4v) is 5.09. The molecule has 0 radical (unpaired) electrons. The summed E-state index contributed by atoms with van der Waals surface area (Å²) in [6.07, 6.45) is 7.32. The number of aliphatic hydroxyl groups is 1. The van der Waals surface area contributed by atoms with Gasteiger partial charge in [-0.05, 0) is 45.0 Å². The summed E-state index contributed by atoms with van der Waals surface area (Å²) in [7, 11) is 5.88. The lowest BCUT2D eigenvalue weighted by Crippen LogP contribution is -2.45.